The summed E-state index contributed by atoms with van der Waals surface area (Å²) >= 11 is 1.77. The van der Waals surface area contributed by atoms with Crippen LogP contribution >= 0.6 is 11.8 Å². The van der Waals surface area contributed by atoms with Crippen molar-refractivity contribution in [3.8, 4) is 0 Å². The summed E-state index contributed by atoms with van der Waals surface area (Å²) in [6, 6.07) is 0. The minimum Gasteiger partial charge on any atom is -0.350 e. The van der Waals surface area contributed by atoms with Gasteiger partial charge in [0.1, 0.15) is 0 Å². The summed E-state index contributed by atoms with van der Waals surface area (Å²) in [5.74, 6) is 1.17. The number of hydrogen-bond donors (Lipinski definition) is 2. The molecule has 0 aromatic carbocycles. The van der Waals surface area contributed by atoms with Crippen molar-refractivity contribution in [2.75, 3.05) is 5.75 Å². The van der Waals surface area contributed by atoms with E-state index in [1.807, 2.05) is 6.20 Å². The zero-order valence-corrected chi connectivity index (χ0v) is 13.9. The summed E-state index contributed by atoms with van der Waals surface area (Å²) in [4.78, 5) is 16.6. The highest BCUT2D eigenvalue weighted by Crippen LogP contribution is 2.24. The van der Waals surface area contributed by atoms with Crippen molar-refractivity contribution in [1.29, 1.82) is 0 Å². The summed E-state index contributed by atoms with van der Waals surface area (Å²) < 4.78 is 2.15. The van der Waals surface area contributed by atoms with E-state index in [-0.39, 0.29) is 5.91 Å². The number of H-pyrrole nitrogens is 1. The molecule has 2 N–H and O–H groups in total. The highest BCUT2D eigenvalue weighted by Gasteiger charge is 2.18. The Hall–Kier alpha value is -1.76. The number of nitrogens with one attached hydrogen (secondary N) is 2. The second-order valence-corrected chi connectivity index (χ2v) is 7.23. The third kappa shape index (κ3) is 3.15. The van der Waals surface area contributed by atoms with Gasteiger partial charge >= 0.3 is 0 Å². The lowest BCUT2D eigenvalue weighted by Gasteiger charge is -2.11. The maximum Gasteiger partial charge on any atom is 0.220 e. The van der Waals surface area contributed by atoms with E-state index in [4.69, 9.17) is 0 Å². The van der Waals surface area contributed by atoms with Gasteiger partial charge in [0.2, 0.25) is 5.91 Å². The van der Waals surface area contributed by atoms with Crippen molar-refractivity contribution in [2.45, 2.75) is 56.8 Å². The van der Waals surface area contributed by atoms with E-state index < -0.39 is 0 Å². The van der Waals surface area contributed by atoms with E-state index in [2.05, 4.69) is 25.1 Å². The van der Waals surface area contributed by atoms with E-state index in [1.54, 1.807) is 11.8 Å². The molecule has 0 spiro atoms. The molecule has 122 valence electrons. The second kappa shape index (κ2) is 6.39. The van der Waals surface area contributed by atoms with E-state index in [1.165, 1.54) is 24.1 Å². The number of fused-ring (bicyclic) bond motifs is 2. The van der Waals surface area contributed by atoms with Gasteiger partial charge in [-0.1, -0.05) is 11.8 Å². The van der Waals surface area contributed by atoms with Gasteiger partial charge in [-0.3, -0.25) is 9.89 Å². The van der Waals surface area contributed by atoms with E-state index in [9.17, 15) is 4.79 Å². The van der Waals surface area contributed by atoms with Gasteiger partial charge in [0.05, 0.1) is 17.9 Å². The van der Waals surface area contributed by atoms with E-state index in [0.29, 0.717) is 19.4 Å². The number of aromatic amines is 1. The SMILES string of the molecule is O=C(CCc1n[nH]c2c1CCCC2)NCc1cn2c(n1)SCC2. The number of amides is 1. The van der Waals surface area contributed by atoms with Crippen LogP contribution in [0.2, 0.25) is 0 Å². The standard InChI is InChI=1S/C16H21N5OS/c22-15(17-9-11-10-21-7-8-23-16(21)18-11)6-5-14-12-3-1-2-4-13(12)19-20-14/h10H,1-9H2,(H,17,22)(H,19,20). The number of rotatable bonds is 5. The number of carbonyl (C=O) groups excluding carboxylic acids is 1. The van der Waals surface area contributed by atoms with Gasteiger partial charge in [-0.15, -0.1) is 0 Å². The van der Waals surface area contributed by atoms with Crippen LogP contribution in [0.5, 0.6) is 0 Å². The molecule has 2 aliphatic rings. The third-order valence-electron chi connectivity index (χ3n) is 4.55. The van der Waals surface area contributed by atoms with Crippen LogP contribution in [0.1, 0.15) is 41.9 Å². The van der Waals surface area contributed by atoms with Crippen molar-refractivity contribution in [3.63, 3.8) is 0 Å². The van der Waals surface area contributed by atoms with Crippen LogP contribution in [0.15, 0.2) is 11.4 Å². The van der Waals surface area contributed by atoms with Crippen molar-refractivity contribution in [1.82, 2.24) is 25.1 Å². The molecule has 0 radical (unpaired) electrons. The first-order chi connectivity index (χ1) is 11.3. The fourth-order valence-electron chi connectivity index (χ4n) is 3.31. The third-order valence-corrected chi connectivity index (χ3v) is 5.52. The summed E-state index contributed by atoms with van der Waals surface area (Å²) in [6.45, 7) is 1.53. The Bertz CT molecular complexity index is 699. The van der Waals surface area contributed by atoms with Crippen LogP contribution in [0.4, 0.5) is 0 Å². The Morgan fingerprint density at radius 2 is 2.30 bits per heavy atom. The molecule has 1 amide bonds. The molecule has 23 heavy (non-hydrogen) atoms. The van der Waals surface area contributed by atoms with Gasteiger partial charge in [-0.2, -0.15) is 5.10 Å². The predicted molar refractivity (Wildman–Crippen MR) is 88.3 cm³/mol. The zero-order valence-electron chi connectivity index (χ0n) is 13.1. The van der Waals surface area contributed by atoms with Crippen molar-refractivity contribution < 1.29 is 4.79 Å². The Morgan fingerprint density at radius 3 is 3.22 bits per heavy atom. The average Bonchev–Trinajstić information content (AvgIpc) is 3.25. The molecular formula is C16H21N5OS. The lowest BCUT2D eigenvalue weighted by atomic mass is 9.95. The lowest BCUT2D eigenvalue weighted by molar-refractivity contribution is -0.121. The van der Waals surface area contributed by atoms with Crippen LogP contribution in [0, 0.1) is 0 Å². The largest absolute Gasteiger partial charge is 0.350 e. The minimum absolute atomic E-state index is 0.0679. The second-order valence-electron chi connectivity index (χ2n) is 6.17. The number of nitrogens with zero attached hydrogens (tertiary/aromatic N) is 3. The molecule has 0 saturated carbocycles. The Morgan fingerprint density at radius 1 is 1.39 bits per heavy atom. The molecule has 2 aromatic heterocycles. The topological polar surface area (TPSA) is 75.6 Å². The molecule has 4 rings (SSSR count). The molecule has 2 aromatic rings. The van der Waals surface area contributed by atoms with E-state index >= 15 is 0 Å². The van der Waals surface area contributed by atoms with Gasteiger partial charge in [0.25, 0.3) is 0 Å². The first kappa shape index (κ1) is 14.8. The molecular weight excluding hydrogens is 310 g/mol. The quantitative estimate of drug-likeness (QED) is 0.876. The smallest absolute Gasteiger partial charge is 0.220 e. The predicted octanol–water partition coefficient (Wildman–Crippen LogP) is 1.84. The maximum atomic E-state index is 12.1. The fourth-order valence-corrected chi connectivity index (χ4v) is 4.27. The van der Waals surface area contributed by atoms with Crippen molar-refractivity contribution >= 4 is 17.7 Å². The van der Waals surface area contributed by atoms with Crippen LogP contribution in [0.3, 0.4) is 0 Å². The summed E-state index contributed by atoms with van der Waals surface area (Å²) in [5.41, 5.74) is 4.65. The number of aryl methyl sites for hydroxylation is 3. The van der Waals surface area contributed by atoms with Crippen LogP contribution < -0.4 is 5.32 Å². The molecule has 0 bridgehead atoms. The van der Waals surface area contributed by atoms with Crippen LogP contribution in [-0.4, -0.2) is 31.4 Å². The summed E-state index contributed by atoms with van der Waals surface area (Å²) in [5, 5.41) is 11.6. The monoisotopic (exact) mass is 331 g/mol. The van der Waals surface area contributed by atoms with E-state index in [0.717, 1.165) is 41.7 Å². The highest BCUT2D eigenvalue weighted by atomic mass is 32.2. The van der Waals surface area contributed by atoms with Crippen LogP contribution in [0.25, 0.3) is 0 Å². The zero-order chi connectivity index (χ0) is 15.6. The fraction of sp³-hybridized carbons (Fsp3) is 0.562. The van der Waals surface area contributed by atoms with Gasteiger partial charge in [0.15, 0.2) is 5.16 Å². The first-order valence-corrected chi connectivity index (χ1v) is 9.28. The number of hydrogen-bond acceptors (Lipinski definition) is 4. The van der Waals surface area contributed by atoms with Gasteiger partial charge in [0, 0.05) is 37.0 Å². The van der Waals surface area contributed by atoms with Gasteiger partial charge in [-0.25, -0.2) is 4.98 Å². The Kier molecular flexibility index (Phi) is 4.11. The molecule has 1 aliphatic carbocycles. The van der Waals surface area contributed by atoms with Gasteiger partial charge < -0.3 is 9.88 Å². The van der Waals surface area contributed by atoms with Crippen LogP contribution in [-0.2, 0) is 37.1 Å². The Balaban J connectivity index is 1.27. The molecule has 0 saturated heterocycles. The summed E-state index contributed by atoms with van der Waals surface area (Å²) in [7, 11) is 0. The average molecular weight is 331 g/mol. The number of imidazole rings is 1. The molecule has 0 atom stereocenters. The molecule has 1 aliphatic heterocycles. The first-order valence-electron chi connectivity index (χ1n) is 8.30. The molecule has 7 heteroatoms. The molecule has 3 heterocycles. The molecule has 0 unspecified atom stereocenters. The van der Waals surface area contributed by atoms with Crippen molar-refractivity contribution in [3.05, 3.63) is 28.8 Å². The summed E-state index contributed by atoms with van der Waals surface area (Å²) in [6.07, 6.45) is 7.90. The maximum absolute atomic E-state index is 12.1. The Labute approximate surface area is 139 Å². The highest BCUT2D eigenvalue weighted by molar-refractivity contribution is 7.99. The minimum atomic E-state index is 0.0679. The number of aromatic nitrogens is 4. The number of carbonyl (C=O) groups is 1. The number of thioether (sulfide) groups is 1. The van der Waals surface area contributed by atoms with Crippen molar-refractivity contribution in [2.24, 2.45) is 0 Å². The van der Waals surface area contributed by atoms with Gasteiger partial charge in [-0.05, 0) is 31.2 Å². The molecule has 0 fully saturated rings. The normalized spacial score (nSPS) is 16.2. The lowest BCUT2D eigenvalue weighted by Crippen LogP contribution is -2.23. The molecule has 6 nitrogen and oxygen atoms in total.